The topological polar surface area (TPSA) is 37.3 Å². The molecule has 2 unspecified atom stereocenters. The number of rotatable bonds is 4. The van der Waals surface area contributed by atoms with E-state index in [4.69, 9.17) is 11.2 Å². The van der Waals surface area contributed by atoms with E-state index >= 15 is 0 Å². The van der Waals surface area contributed by atoms with Crippen LogP contribution < -0.4 is 0 Å². The van der Waals surface area contributed by atoms with Crippen molar-refractivity contribution in [3.8, 4) is 0 Å². The number of aryl methyl sites for hydroxylation is 1. The first kappa shape index (κ1) is 12.6. The molecule has 0 radical (unpaired) electrons. The van der Waals surface area contributed by atoms with Crippen LogP contribution in [0.5, 0.6) is 0 Å². The van der Waals surface area contributed by atoms with E-state index in [9.17, 15) is 9.32 Å². The standard InChI is InChI=1S/C11H16O2S2/c1-3-10(12)8-15(13,14)11-6-4-9(2)5-7-11/h4-7,10,12H,3,8H2,1-2H3. The van der Waals surface area contributed by atoms with Crippen molar-refractivity contribution < 1.29 is 9.32 Å². The fraction of sp³-hybridized carbons (Fsp3) is 0.455. The van der Waals surface area contributed by atoms with Crippen molar-refractivity contribution in [2.75, 3.05) is 5.75 Å². The molecule has 0 aliphatic heterocycles. The van der Waals surface area contributed by atoms with Crippen LogP contribution in [0.2, 0.25) is 0 Å². The molecule has 0 aromatic heterocycles. The van der Waals surface area contributed by atoms with E-state index in [1.54, 1.807) is 12.1 Å². The molecule has 4 heteroatoms. The molecule has 84 valence electrons. The predicted molar refractivity (Wildman–Crippen MR) is 66.1 cm³/mol. The lowest BCUT2D eigenvalue weighted by molar-refractivity contribution is 0.194. The fourth-order valence-corrected chi connectivity index (χ4v) is 3.50. The maximum Gasteiger partial charge on any atom is 0.0658 e. The summed E-state index contributed by atoms with van der Waals surface area (Å²) in [5.41, 5.74) is 1.11. The van der Waals surface area contributed by atoms with Crippen molar-refractivity contribution >= 4 is 19.7 Å². The third-order valence-electron chi connectivity index (χ3n) is 2.26. The molecule has 0 aliphatic carbocycles. The van der Waals surface area contributed by atoms with Crippen LogP contribution in [0.4, 0.5) is 0 Å². The first-order valence-corrected chi connectivity index (χ1v) is 7.58. The fourth-order valence-electron chi connectivity index (χ4n) is 1.21. The van der Waals surface area contributed by atoms with E-state index in [0.717, 1.165) is 5.56 Å². The minimum atomic E-state index is -2.51. The first-order valence-electron chi connectivity index (χ1n) is 4.93. The van der Waals surface area contributed by atoms with Crippen LogP contribution in [-0.2, 0) is 19.7 Å². The molecule has 2 atom stereocenters. The lowest BCUT2D eigenvalue weighted by Crippen LogP contribution is -2.19. The lowest BCUT2D eigenvalue weighted by atomic mass is 10.2. The minimum Gasteiger partial charge on any atom is -0.392 e. The summed E-state index contributed by atoms with van der Waals surface area (Å²) in [5, 5.41) is 9.46. The van der Waals surface area contributed by atoms with E-state index in [0.29, 0.717) is 11.3 Å². The molecule has 1 N–H and O–H groups in total. The Morgan fingerprint density at radius 1 is 1.40 bits per heavy atom. The molecular formula is C11H16O2S2. The molecule has 0 amide bonds. The SMILES string of the molecule is CCC(O)CS(=O)(=S)c1ccc(C)cc1. The van der Waals surface area contributed by atoms with Crippen molar-refractivity contribution in [1.82, 2.24) is 0 Å². The highest BCUT2D eigenvalue weighted by Crippen LogP contribution is 2.14. The number of aliphatic hydroxyl groups excluding tert-OH is 1. The van der Waals surface area contributed by atoms with Crippen molar-refractivity contribution in [3.05, 3.63) is 29.8 Å². The van der Waals surface area contributed by atoms with Crippen molar-refractivity contribution in [2.45, 2.75) is 31.3 Å². The number of hydrogen-bond donors (Lipinski definition) is 1. The van der Waals surface area contributed by atoms with Crippen molar-refractivity contribution in [1.29, 1.82) is 0 Å². The van der Waals surface area contributed by atoms with Gasteiger partial charge in [0, 0.05) is 4.90 Å². The Morgan fingerprint density at radius 3 is 2.40 bits per heavy atom. The molecule has 1 aromatic carbocycles. The van der Waals surface area contributed by atoms with Gasteiger partial charge in [0.05, 0.1) is 20.3 Å². The van der Waals surface area contributed by atoms with Gasteiger partial charge < -0.3 is 5.11 Å². The van der Waals surface area contributed by atoms with Gasteiger partial charge >= 0.3 is 0 Å². The summed E-state index contributed by atoms with van der Waals surface area (Å²) in [6.07, 6.45) is 0.00996. The average Bonchev–Trinajstić information content (AvgIpc) is 2.17. The van der Waals surface area contributed by atoms with E-state index in [1.165, 1.54) is 0 Å². The summed E-state index contributed by atoms with van der Waals surface area (Å²) in [4.78, 5) is 0.649. The van der Waals surface area contributed by atoms with Gasteiger partial charge in [-0.25, -0.2) is 0 Å². The third kappa shape index (κ3) is 3.55. The van der Waals surface area contributed by atoms with Gasteiger partial charge in [0.1, 0.15) is 0 Å². The Hall–Kier alpha value is -0.450. The molecule has 0 heterocycles. The summed E-state index contributed by atoms with van der Waals surface area (Å²) in [7, 11) is -2.51. The summed E-state index contributed by atoms with van der Waals surface area (Å²) in [6, 6.07) is 7.35. The number of hydrogen-bond acceptors (Lipinski definition) is 3. The normalized spacial score (nSPS) is 17.0. The molecule has 0 fully saturated rings. The van der Waals surface area contributed by atoms with Crippen molar-refractivity contribution in [3.63, 3.8) is 0 Å². The van der Waals surface area contributed by atoms with Crippen LogP contribution in [0, 0.1) is 6.92 Å². The maximum atomic E-state index is 12.1. The minimum absolute atomic E-state index is 0.169. The molecule has 0 aliphatic rings. The van der Waals surface area contributed by atoms with Gasteiger partial charge in [0.15, 0.2) is 0 Å². The molecule has 15 heavy (non-hydrogen) atoms. The van der Waals surface area contributed by atoms with Crippen LogP contribution in [0.3, 0.4) is 0 Å². The smallest absolute Gasteiger partial charge is 0.0658 e. The molecule has 0 saturated carbocycles. The quantitative estimate of drug-likeness (QED) is 0.878. The summed E-state index contributed by atoms with van der Waals surface area (Å²) < 4.78 is 12.1. The average molecular weight is 244 g/mol. The van der Waals surface area contributed by atoms with Gasteiger partial charge in [-0.3, -0.25) is 4.21 Å². The van der Waals surface area contributed by atoms with Gasteiger partial charge in [-0.05, 0) is 36.7 Å². The summed E-state index contributed by atoms with van der Waals surface area (Å²) in [5.74, 6) is 0.169. The molecular weight excluding hydrogens is 228 g/mol. The predicted octanol–water partition coefficient (Wildman–Crippen LogP) is 1.87. The highest BCUT2D eigenvalue weighted by atomic mass is 32.8. The zero-order valence-corrected chi connectivity index (χ0v) is 10.6. The Balaban J connectivity index is 2.91. The van der Waals surface area contributed by atoms with Crippen molar-refractivity contribution in [2.24, 2.45) is 0 Å². The monoisotopic (exact) mass is 244 g/mol. The summed E-state index contributed by atoms with van der Waals surface area (Å²) >= 11 is 5.06. The van der Waals surface area contributed by atoms with E-state index in [1.807, 2.05) is 26.0 Å². The Morgan fingerprint density at radius 2 is 1.93 bits per heavy atom. The highest BCUT2D eigenvalue weighted by molar-refractivity contribution is 8.33. The third-order valence-corrected chi connectivity index (χ3v) is 5.06. The van der Waals surface area contributed by atoms with Crippen LogP contribution in [0.25, 0.3) is 0 Å². The molecule has 1 rings (SSSR count). The zero-order chi connectivity index (χ0) is 11.5. The lowest BCUT2D eigenvalue weighted by Gasteiger charge is -2.11. The zero-order valence-electron chi connectivity index (χ0n) is 8.97. The Labute approximate surface area is 96.0 Å². The van der Waals surface area contributed by atoms with Crippen LogP contribution >= 0.6 is 0 Å². The van der Waals surface area contributed by atoms with Gasteiger partial charge in [0.25, 0.3) is 0 Å². The second kappa shape index (κ2) is 5.05. The van der Waals surface area contributed by atoms with Crippen LogP contribution in [0.15, 0.2) is 29.2 Å². The maximum absolute atomic E-state index is 12.1. The highest BCUT2D eigenvalue weighted by Gasteiger charge is 2.14. The second-order valence-corrected chi connectivity index (χ2v) is 7.31. The Kier molecular flexibility index (Phi) is 4.25. The first-order chi connectivity index (χ1) is 6.95. The van der Waals surface area contributed by atoms with E-state index < -0.39 is 14.6 Å². The van der Waals surface area contributed by atoms with Crippen LogP contribution in [-0.4, -0.2) is 21.2 Å². The number of aliphatic hydroxyl groups is 1. The number of benzene rings is 1. The molecule has 0 spiro atoms. The van der Waals surface area contributed by atoms with Gasteiger partial charge in [0.2, 0.25) is 0 Å². The molecule has 1 aromatic rings. The Bertz CT molecular complexity index is 407. The van der Waals surface area contributed by atoms with Gasteiger partial charge in [-0.15, -0.1) is 0 Å². The van der Waals surface area contributed by atoms with E-state index in [-0.39, 0.29) is 5.75 Å². The molecule has 0 saturated heterocycles. The van der Waals surface area contributed by atoms with Gasteiger partial charge in [-0.2, -0.15) is 0 Å². The van der Waals surface area contributed by atoms with E-state index in [2.05, 4.69) is 0 Å². The molecule has 0 bridgehead atoms. The largest absolute Gasteiger partial charge is 0.392 e. The van der Waals surface area contributed by atoms with Gasteiger partial charge in [-0.1, -0.05) is 24.6 Å². The second-order valence-electron chi connectivity index (χ2n) is 3.66. The van der Waals surface area contributed by atoms with Crippen LogP contribution in [0.1, 0.15) is 18.9 Å². The summed E-state index contributed by atoms with van der Waals surface area (Å²) in [6.45, 7) is 3.82. The molecule has 2 nitrogen and oxygen atoms in total.